The van der Waals surface area contributed by atoms with Crippen LogP contribution >= 0.6 is 15.9 Å². The monoisotopic (exact) mass is 443 g/mol. The van der Waals surface area contributed by atoms with E-state index in [0.29, 0.717) is 0 Å². The Balaban J connectivity index is 1.52. The zero-order valence-corrected chi connectivity index (χ0v) is 17.8. The molecule has 3 heterocycles. The van der Waals surface area contributed by atoms with Gasteiger partial charge in [0.2, 0.25) is 0 Å². The van der Waals surface area contributed by atoms with Gasteiger partial charge in [-0.1, -0.05) is 12.1 Å². The number of pyridine rings is 1. The van der Waals surface area contributed by atoms with Gasteiger partial charge in [0.05, 0.1) is 7.11 Å². The van der Waals surface area contributed by atoms with Gasteiger partial charge in [0.25, 0.3) is 0 Å². The number of nitrogens with zero attached hydrogens (tertiary/aromatic N) is 3. The van der Waals surface area contributed by atoms with E-state index in [0.717, 1.165) is 85.0 Å². The van der Waals surface area contributed by atoms with Gasteiger partial charge in [-0.25, -0.2) is 9.97 Å². The van der Waals surface area contributed by atoms with E-state index in [-0.39, 0.29) is 0 Å². The van der Waals surface area contributed by atoms with Crippen molar-refractivity contribution < 1.29 is 9.47 Å². The van der Waals surface area contributed by atoms with Crippen molar-refractivity contribution >= 4 is 27.1 Å². The highest BCUT2D eigenvalue weighted by molar-refractivity contribution is 9.10. The highest BCUT2D eigenvalue weighted by Crippen LogP contribution is 2.24. The molecule has 0 unspecified atom stereocenters. The zero-order chi connectivity index (χ0) is 19.3. The molecule has 6 heteroatoms. The molecule has 28 heavy (non-hydrogen) atoms. The Labute approximate surface area is 174 Å². The third kappa shape index (κ3) is 4.55. The number of ether oxygens (including phenoxy) is 2. The minimum Gasteiger partial charge on any atom is -0.497 e. The third-order valence-corrected chi connectivity index (χ3v) is 5.96. The fourth-order valence-electron chi connectivity index (χ4n) is 3.85. The first-order valence-electron chi connectivity index (χ1n) is 9.94. The molecule has 1 saturated heterocycles. The van der Waals surface area contributed by atoms with Crippen molar-refractivity contribution in [1.82, 2.24) is 14.5 Å². The average molecular weight is 444 g/mol. The molecule has 1 aromatic carbocycles. The first-order valence-corrected chi connectivity index (χ1v) is 10.7. The highest BCUT2D eigenvalue weighted by atomic mass is 79.9. The Bertz CT molecular complexity index is 917. The van der Waals surface area contributed by atoms with Crippen molar-refractivity contribution in [2.75, 3.05) is 20.3 Å². The smallest absolute Gasteiger partial charge is 0.160 e. The van der Waals surface area contributed by atoms with Gasteiger partial charge in [0, 0.05) is 36.8 Å². The van der Waals surface area contributed by atoms with Crippen LogP contribution in [0, 0.1) is 5.92 Å². The molecule has 5 nitrogen and oxygen atoms in total. The standard InChI is InChI=1S/C22H26BrN3O2/c1-27-19-5-2-16(3-6-19)4-7-21-25-20-14-18(23)15-24-22(20)26(21)11-8-17-9-12-28-13-10-17/h2-3,5-6,14-15,17H,4,7-13H2,1H3. The summed E-state index contributed by atoms with van der Waals surface area (Å²) in [5.41, 5.74) is 3.24. The Morgan fingerprint density at radius 2 is 1.96 bits per heavy atom. The van der Waals surface area contributed by atoms with Crippen LogP contribution in [-0.4, -0.2) is 34.9 Å². The number of imidazole rings is 1. The summed E-state index contributed by atoms with van der Waals surface area (Å²) >= 11 is 3.52. The first kappa shape index (κ1) is 19.4. The van der Waals surface area contributed by atoms with Crippen molar-refractivity contribution in [2.24, 2.45) is 5.92 Å². The number of hydrogen-bond donors (Lipinski definition) is 0. The van der Waals surface area contributed by atoms with Crippen LogP contribution in [-0.2, 0) is 24.1 Å². The average Bonchev–Trinajstić information content (AvgIpc) is 3.08. The van der Waals surface area contributed by atoms with Gasteiger partial charge < -0.3 is 14.0 Å². The van der Waals surface area contributed by atoms with Crippen LogP contribution in [0.4, 0.5) is 0 Å². The molecule has 0 aliphatic carbocycles. The number of methoxy groups -OCH3 is 1. The fraction of sp³-hybridized carbons (Fsp3) is 0.455. The van der Waals surface area contributed by atoms with E-state index in [1.54, 1.807) is 7.11 Å². The summed E-state index contributed by atoms with van der Waals surface area (Å²) in [6.45, 7) is 2.75. The van der Waals surface area contributed by atoms with Crippen LogP contribution in [0.3, 0.4) is 0 Å². The molecule has 1 aliphatic heterocycles. The van der Waals surface area contributed by atoms with Gasteiger partial charge in [-0.2, -0.15) is 0 Å². The molecule has 0 radical (unpaired) electrons. The van der Waals surface area contributed by atoms with Crippen LogP contribution in [0.5, 0.6) is 5.75 Å². The van der Waals surface area contributed by atoms with Gasteiger partial charge in [0.15, 0.2) is 5.65 Å². The summed E-state index contributed by atoms with van der Waals surface area (Å²) in [7, 11) is 1.70. The topological polar surface area (TPSA) is 49.2 Å². The third-order valence-electron chi connectivity index (χ3n) is 5.53. The summed E-state index contributed by atoms with van der Waals surface area (Å²) in [6, 6.07) is 10.3. The predicted octanol–water partition coefficient (Wildman–Crippen LogP) is 4.80. The largest absolute Gasteiger partial charge is 0.497 e. The highest BCUT2D eigenvalue weighted by Gasteiger charge is 2.17. The van der Waals surface area contributed by atoms with E-state index in [1.807, 2.05) is 18.3 Å². The molecule has 0 amide bonds. The van der Waals surface area contributed by atoms with E-state index in [4.69, 9.17) is 14.5 Å². The van der Waals surface area contributed by atoms with Crippen LogP contribution in [0.1, 0.15) is 30.7 Å². The number of fused-ring (bicyclic) bond motifs is 1. The number of aromatic nitrogens is 3. The predicted molar refractivity (Wildman–Crippen MR) is 114 cm³/mol. The lowest BCUT2D eigenvalue weighted by Crippen LogP contribution is -2.18. The second kappa shape index (κ2) is 9.05. The summed E-state index contributed by atoms with van der Waals surface area (Å²) in [5.74, 6) is 2.74. The molecule has 4 rings (SSSR count). The number of benzene rings is 1. The van der Waals surface area contributed by atoms with Crippen molar-refractivity contribution in [1.29, 1.82) is 0 Å². The van der Waals surface area contributed by atoms with Crippen molar-refractivity contribution in [3.8, 4) is 5.75 Å². The molecule has 2 aromatic heterocycles. The molecule has 1 fully saturated rings. The van der Waals surface area contributed by atoms with Crippen LogP contribution < -0.4 is 4.74 Å². The number of hydrogen-bond acceptors (Lipinski definition) is 4. The molecule has 0 bridgehead atoms. The Morgan fingerprint density at radius 1 is 1.18 bits per heavy atom. The van der Waals surface area contributed by atoms with E-state index < -0.39 is 0 Å². The van der Waals surface area contributed by atoms with Crippen molar-refractivity contribution in [3.05, 3.63) is 52.4 Å². The van der Waals surface area contributed by atoms with Crippen LogP contribution in [0.15, 0.2) is 41.0 Å². The minimum absolute atomic E-state index is 0.732. The maximum absolute atomic E-state index is 5.50. The number of rotatable bonds is 7. The molecule has 3 aromatic rings. The summed E-state index contributed by atoms with van der Waals surface area (Å²) in [6.07, 6.45) is 7.18. The maximum Gasteiger partial charge on any atom is 0.160 e. The second-order valence-corrected chi connectivity index (χ2v) is 8.28. The molecule has 0 N–H and O–H groups in total. The lowest BCUT2D eigenvalue weighted by Gasteiger charge is -2.22. The SMILES string of the molecule is COc1ccc(CCc2nc3cc(Br)cnc3n2CCC2CCOCC2)cc1. The lowest BCUT2D eigenvalue weighted by atomic mass is 9.96. The second-order valence-electron chi connectivity index (χ2n) is 7.37. The van der Waals surface area contributed by atoms with E-state index in [1.165, 1.54) is 5.56 Å². The van der Waals surface area contributed by atoms with Crippen LogP contribution in [0.2, 0.25) is 0 Å². The molecular weight excluding hydrogens is 418 g/mol. The quantitative estimate of drug-likeness (QED) is 0.525. The van der Waals surface area contributed by atoms with Crippen molar-refractivity contribution in [2.45, 2.75) is 38.6 Å². The molecule has 0 spiro atoms. The van der Waals surface area contributed by atoms with Crippen LogP contribution in [0.25, 0.3) is 11.2 Å². The number of halogens is 1. The maximum atomic E-state index is 5.50. The lowest BCUT2D eigenvalue weighted by molar-refractivity contribution is 0.0626. The fourth-order valence-corrected chi connectivity index (χ4v) is 4.17. The Hall–Kier alpha value is -1.92. The van der Waals surface area contributed by atoms with Gasteiger partial charge in [-0.3, -0.25) is 0 Å². The Morgan fingerprint density at radius 3 is 2.71 bits per heavy atom. The molecule has 1 aliphatic rings. The molecule has 148 valence electrons. The molecule has 0 saturated carbocycles. The first-order chi connectivity index (χ1) is 13.7. The normalized spacial score (nSPS) is 15.2. The van der Waals surface area contributed by atoms with E-state index in [2.05, 4.69) is 43.7 Å². The number of aryl methyl sites for hydroxylation is 3. The summed E-state index contributed by atoms with van der Waals surface area (Å²) in [4.78, 5) is 9.56. The van der Waals surface area contributed by atoms with E-state index >= 15 is 0 Å². The van der Waals surface area contributed by atoms with E-state index in [9.17, 15) is 0 Å². The zero-order valence-electron chi connectivity index (χ0n) is 16.2. The minimum atomic E-state index is 0.732. The van der Waals surface area contributed by atoms with Gasteiger partial charge >= 0.3 is 0 Å². The van der Waals surface area contributed by atoms with Gasteiger partial charge in [0.1, 0.15) is 17.1 Å². The molecular formula is C22H26BrN3O2. The van der Waals surface area contributed by atoms with Gasteiger partial charge in [-0.15, -0.1) is 0 Å². The molecule has 0 atom stereocenters. The Kier molecular flexibility index (Phi) is 6.27. The van der Waals surface area contributed by atoms with Gasteiger partial charge in [-0.05, 0) is 71.3 Å². The van der Waals surface area contributed by atoms with Crippen molar-refractivity contribution in [3.63, 3.8) is 0 Å². The summed E-state index contributed by atoms with van der Waals surface area (Å²) < 4.78 is 14.0. The summed E-state index contributed by atoms with van der Waals surface area (Å²) in [5, 5.41) is 0.